The number of hydrogen-bond acceptors (Lipinski definition) is 2. The van der Waals surface area contributed by atoms with E-state index in [4.69, 9.17) is 0 Å². The molecule has 19 heavy (non-hydrogen) atoms. The minimum absolute atomic E-state index is 0.341. The fourth-order valence-corrected chi connectivity index (χ4v) is 2.33. The molecule has 1 aromatic rings. The number of aliphatic carboxylic acids is 1. The molecule has 0 fully saturated rings. The number of rotatable bonds is 5. The number of carboxylic acid groups (broad SMARTS) is 1. The zero-order chi connectivity index (χ0) is 14.6. The van der Waals surface area contributed by atoms with Gasteiger partial charge in [-0.1, -0.05) is 26.0 Å². The van der Waals surface area contributed by atoms with E-state index < -0.39 is 11.5 Å². The van der Waals surface area contributed by atoms with E-state index in [2.05, 4.69) is 21.2 Å². The van der Waals surface area contributed by atoms with Crippen LogP contribution in [0, 0.1) is 6.92 Å². The van der Waals surface area contributed by atoms with Crippen molar-refractivity contribution in [3.8, 4) is 0 Å². The Labute approximate surface area is 121 Å². The monoisotopic (exact) mass is 327 g/mol. The minimum atomic E-state index is -1.21. The predicted molar refractivity (Wildman–Crippen MR) is 77.3 cm³/mol. The summed E-state index contributed by atoms with van der Waals surface area (Å²) in [6.45, 7) is 5.39. The summed E-state index contributed by atoms with van der Waals surface area (Å²) in [4.78, 5) is 23.6. The topological polar surface area (TPSA) is 66.4 Å². The Hall–Kier alpha value is -1.36. The van der Waals surface area contributed by atoms with Crippen molar-refractivity contribution in [2.75, 3.05) is 0 Å². The first kappa shape index (κ1) is 15.7. The van der Waals surface area contributed by atoms with Gasteiger partial charge in [-0.25, -0.2) is 4.79 Å². The van der Waals surface area contributed by atoms with Gasteiger partial charge >= 0.3 is 5.97 Å². The summed E-state index contributed by atoms with van der Waals surface area (Å²) in [6.07, 6.45) is 0.683. The van der Waals surface area contributed by atoms with E-state index in [-0.39, 0.29) is 5.91 Å². The van der Waals surface area contributed by atoms with Crippen LogP contribution < -0.4 is 5.32 Å². The molecule has 0 atom stereocenters. The molecule has 4 nitrogen and oxygen atoms in total. The molecule has 1 rings (SSSR count). The molecule has 0 aliphatic rings. The molecular weight excluding hydrogens is 310 g/mol. The van der Waals surface area contributed by atoms with Crippen LogP contribution in [-0.2, 0) is 4.79 Å². The zero-order valence-electron chi connectivity index (χ0n) is 11.3. The van der Waals surface area contributed by atoms with Crippen LogP contribution >= 0.6 is 15.9 Å². The molecule has 0 saturated carbocycles. The van der Waals surface area contributed by atoms with Crippen molar-refractivity contribution < 1.29 is 14.7 Å². The number of halogens is 1. The lowest BCUT2D eigenvalue weighted by atomic mass is 9.92. The fourth-order valence-electron chi connectivity index (χ4n) is 1.89. The Morgan fingerprint density at radius 1 is 1.32 bits per heavy atom. The van der Waals surface area contributed by atoms with Crippen LogP contribution in [0.4, 0.5) is 0 Å². The first-order chi connectivity index (χ1) is 8.88. The number of carbonyl (C=O) groups excluding carboxylic acids is 1. The molecule has 0 heterocycles. The molecule has 0 aromatic heterocycles. The van der Waals surface area contributed by atoms with Crippen LogP contribution in [0.3, 0.4) is 0 Å². The van der Waals surface area contributed by atoms with E-state index in [1.54, 1.807) is 26.0 Å². The van der Waals surface area contributed by atoms with Crippen molar-refractivity contribution in [3.05, 3.63) is 33.8 Å². The summed E-state index contributed by atoms with van der Waals surface area (Å²) in [5.41, 5.74) is 0.175. The van der Waals surface area contributed by atoms with E-state index in [1.165, 1.54) is 0 Å². The first-order valence-corrected chi connectivity index (χ1v) is 6.98. The van der Waals surface area contributed by atoms with Crippen LogP contribution in [0.15, 0.2) is 22.7 Å². The summed E-state index contributed by atoms with van der Waals surface area (Å²) >= 11 is 3.36. The summed E-state index contributed by atoms with van der Waals surface area (Å²) in [5, 5.41) is 12.0. The molecule has 1 amide bonds. The maximum absolute atomic E-state index is 12.3. The Morgan fingerprint density at radius 3 is 2.37 bits per heavy atom. The largest absolute Gasteiger partial charge is 0.480 e. The van der Waals surface area contributed by atoms with Crippen molar-refractivity contribution in [1.29, 1.82) is 0 Å². The van der Waals surface area contributed by atoms with Gasteiger partial charge in [-0.05, 0) is 47.3 Å². The van der Waals surface area contributed by atoms with Crippen LogP contribution in [0.25, 0.3) is 0 Å². The summed E-state index contributed by atoms with van der Waals surface area (Å²) in [5.74, 6) is -1.38. The second kappa shape index (κ2) is 6.19. The molecule has 0 spiro atoms. The summed E-state index contributed by atoms with van der Waals surface area (Å²) < 4.78 is 0.694. The third kappa shape index (κ3) is 3.15. The number of carboxylic acids is 1. The van der Waals surface area contributed by atoms with Gasteiger partial charge < -0.3 is 10.4 Å². The number of amides is 1. The van der Waals surface area contributed by atoms with Gasteiger partial charge in [-0.15, -0.1) is 0 Å². The molecule has 0 unspecified atom stereocenters. The van der Waals surface area contributed by atoms with Crippen LogP contribution in [0.1, 0.15) is 42.6 Å². The number of carbonyl (C=O) groups is 2. The first-order valence-electron chi connectivity index (χ1n) is 6.19. The number of hydrogen-bond donors (Lipinski definition) is 2. The highest BCUT2D eigenvalue weighted by atomic mass is 79.9. The molecule has 0 aliphatic carbocycles. The summed E-state index contributed by atoms with van der Waals surface area (Å²) in [6, 6.07) is 5.32. The molecule has 0 aliphatic heterocycles. The molecular formula is C14H18BrNO3. The SMILES string of the molecule is CCC(CC)(NC(=O)c1cccc(C)c1Br)C(=O)O. The average Bonchev–Trinajstić information content (AvgIpc) is 2.38. The maximum Gasteiger partial charge on any atom is 0.329 e. The van der Waals surface area contributed by atoms with Crippen molar-refractivity contribution in [2.24, 2.45) is 0 Å². The van der Waals surface area contributed by atoms with Gasteiger partial charge in [-0.3, -0.25) is 4.79 Å². The third-order valence-corrected chi connectivity index (χ3v) is 4.46. The Kier molecular flexibility index (Phi) is 5.11. The van der Waals surface area contributed by atoms with Crippen molar-refractivity contribution in [1.82, 2.24) is 5.32 Å². The van der Waals surface area contributed by atoms with Gasteiger partial charge in [0.1, 0.15) is 5.54 Å². The molecule has 1 aromatic carbocycles. The highest BCUT2D eigenvalue weighted by Gasteiger charge is 2.36. The van der Waals surface area contributed by atoms with Crippen molar-refractivity contribution in [2.45, 2.75) is 39.2 Å². The molecule has 5 heteroatoms. The van der Waals surface area contributed by atoms with Gasteiger partial charge in [0.25, 0.3) is 5.91 Å². The number of aryl methyl sites for hydroxylation is 1. The predicted octanol–water partition coefficient (Wildman–Crippen LogP) is 3.13. The van der Waals surface area contributed by atoms with E-state index >= 15 is 0 Å². The Balaban J connectivity index is 3.08. The quantitative estimate of drug-likeness (QED) is 0.873. The van der Waals surface area contributed by atoms with Gasteiger partial charge in [-0.2, -0.15) is 0 Å². The minimum Gasteiger partial charge on any atom is -0.480 e. The van der Waals surface area contributed by atoms with Crippen LogP contribution in [0.2, 0.25) is 0 Å². The normalized spacial score (nSPS) is 11.2. The van der Waals surface area contributed by atoms with Crippen LogP contribution in [-0.4, -0.2) is 22.5 Å². The van der Waals surface area contributed by atoms with Gasteiger partial charge in [0.05, 0.1) is 5.56 Å². The lowest BCUT2D eigenvalue weighted by molar-refractivity contribution is -0.144. The van der Waals surface area contributed by atoms with Gasteiger partial charge in [0.15, 0.2) is 0 Å². The van der Waals surface area contributed by atoms with Gasteiger partial charge in [0.2, 0.25) is 0 Å². The second-order valence-electron chi connectivity index (χ2n) is 4.48. The van der Waals surface area contributed by atoms with Crippen molar-refractivity contribution in [3.63, 3.8) is 0 Å². The molecule has 104 valence electrons. The lowest BCUT2D eigenvalue weighted by Crippen LogP contribution is -2.53. The van der Waals surface area contributed by atoms with Crippen molar-refractivity contribution >= 4 is 27.8 Å². The molecule has 2 N–H and O–H groups in total. The average molecular weight is 328 g/mol. The Bertz CT molecular complexity index is 495. The van der Waals surface area contributed by atoms with E-state index in [0.717, 1.165) is 5.56 Å². The van der Waals surface area contributed by atoms with Crippen LogP contribution in [0.5, 0.6) is 0 Å². The Morgan fingerprint density at radius 2 is 1.89 bits per heavy atom. The third-order valence-electron chi connectivity index (χ3n) is 3.41. The molecule has 0 bridgehead atoms. The van der Waals surface area contributed by atoms with E-state index in [1.807, 2.05) is 13.0 Å². The smallest absolute Gasteiger partial charge is 0.329 e. The molecule has 0 radical (unpaired) electrons. The van der Waals surface area contributed by atoms with Gasteiger partial charge in [0, 0.05) is 4.47 Å². The standard InChI is InChI=1S/C14H18BrNO3/c1-4-14(5-2,13(18)19)16-12(17)10-8-6-7-9(3)11(10)15/h6-8H,4-5H2,1-3H3,(H,16,17)(H,18,19). The number of nitrogens with one attached hydrogen (secondary N) is 1. The summed E-state index contributed by atoms with van der Waals surface area (Å²) in [7, 11) is 0. The number of benzene rings is 1. The lowest BCUT2D eigenvalue weighted by Gasteiger charge is -2.28. The maximum atomic E-state index is 12.3. The second-order valence-corrected chi connectivity index (χ2v) is 5.28. The highest BCUT2D eigenvalue weighted by Crippen LogP contribution is 2.23. The zero-order valence-corrected chi connectivity index (χ0v) is 12.9. The van der Waals surface area contributed by atoms with E-state index in [9.17, 15) is 14.7 Å². The highest BCUT2D eigenvalue weighted by molar-refractivity contribution is 9.10. The van der Waals surface area contributed by atoms with E-state index in [0.29, 0.717) is 22.9 Å². The fraction of sp³-hybridized carbons (Fsp3) is 0.429. The molecule has 0 saturated heterocycles.